The van der Waals surface area contributed by atoms with E-state index in [1.807, 2.05) is 0 Å². The Labute approximate surface area is 132 Å². The molecule has 4 amide bonds. The molecule has 11 nitrogen and oxygen atoms in total. The van der Waals surface area contributed by atoms with Crippen LogP contribution in [0.5, 0.6) is 0 Å². The van der Waals surface area contributed by atoms with Gasteiger partial charge in [-0.1, -0.05) is 0 Å². The SMILES string of the molecule is CC(NC(=O)CNC(=O)C(C)NC(=O)C(N)CC(N)=O)C(=O)O. The number of aliphatic carboxylic acids is 1. The van der Waals surface area contributed by atoms with E-state index in [-0.39, 0.29) is 6.42 Å². The molecule has 0 aromatic rings. The van der Waals surface area contributed by atoms with Crippen molar-refractivity contribution in [3.63, 3.8) is 0 Å². The standard InChI is InChI=1S/C12H21N5O6/c1-5(17-11(21)7(13)3-8(14)18)10(20)15-4-9(19)16-6(2)12(22)23/h5-7H,3-4,13H2,1-2H3,(H2,14,18)(H,15,20)(H,16,19)(H,17,21)(H,22,23). The minimum atomic E-state index is -1.21. The Balaban J connectivity index is 4.25. The second-order valence-corrected chi connectivity index (χ2v) is 4.85. The minimum absolute atomic E-state index is 0.365. The van der Waals surface area contributed by atoms with Crippen LogP contribution in [0.25, 0.3) is 0 Å². The van der Waals surface area contributed by atoms with Gasteiger partial charge in [0.1, 0.15) is 12.1 Å². The highest BCUT2D eigenvalue weighted by Gasteiger charge is 2.22. The number of nitrogens with one attached hydrogen (secondary N) is 3. The van der Waals surface area contributed by atoms with Gasteiger partial charge in [-0.05, 0) is 13.8 Å². The van der Waals surface area contributed by atoms with E-state index >= 15 is 0 Å². The molecule has 0 aromatic carbocycles. The number of carboxylic acids is 1. The summed E-state index contributed by atoms with van der Waals surface area (Å²) in [6, 6.07) is -3.28. The summed E-state index contributed by atoms with van der Waals surface area (Å²) in [5, 5.41) is 15.2. The summed E-state index contributed by atoms with van der Waals surface area (Å²) in [7, 11) is 0. The van der Waals surface area contributed by atoms with Crippen molar-refractivity contribution in [1.82, 2.24) is 16.0 Å². The molecule has 0 saturated heterocycles. The fourth-order valence-corrected chi connectivity index (χ4v) is 1.37. The van der Waals surface area contributed by atoms with Crippen LogP contribution in [0.3, 0.4) is 0 Å². The third kappa shape index (κ3) is 8.36. The molecule has 11 heteroatoms. The second-order valence-electron chi connectivity index (χ2n) is 4.85. The van der Waals surface area contributed by atoms with E-state index in [0.717, 1.165) is 0 Å². The molecule has 0 heterocycles. The first kappa shape index (κ1) is 20.3. The zero-order valence-electron chi connectivity index (χ0n) is 12.8. The zero-order valence-corrected chi connectivity index (χ0v) is 12.8. The van der Waals surface area contributed by atoms with Crippen molar-refractivity contribution in [3.05, 3.63) is 0 Å². The first-order valence-corrected chi connectivity index (χ1v) is 6.68. The highest BCUT2D eigenvalue weighted by molar-refractivity contribution is 5.93. The number of carbonyl (C=O) groups excluding carboxylic acids is 4. The first-order valence-electron chi connectivity index (χ1n) is 6.68. The van der Waals surface area contributed by atoms with E-state index < -0.39 is 54.3 Å². The summed E-state index contributed by atoms with van der Waals surface area (Å²) in [6.45, 7) is 2.16. The molecule has 0 saturated carbocycles. The number of nitrogens with two attached hydrogens (primary N) is 2. The topological polar surface area (TPSA) is 194 Å². The van der Waals surface area contributed by atoms with Gasteiger partial charge in [-0.25, -0.2) is 0 Å². The van der Waals surface area contributed by atoms with E-state index in [4.69, 9.17) is 16.6 Å². The van der Waals surface area contributed by atoms with Gasteiger partial charge in [0.05, 0.1) is 19.0 Å². The predicted octanol–water partition coefficient (Wildman–Crippen LogP) is -3.60. The third-order valence-electron chi connectivity index (χ3n) is 2.68. The first-order chi connectivity index (χ1) is 10.5. The van der Waals surface area contributed by atoms with Crippen molar-refractivity contribution in [1.29, 1.82) is 0 Å². The molecule has 0 aromatic heterocycles. The van der Waals surface area contributed by atoms with Crippen LogP contribution < -0.4 is 27.4 Å². The van der Waals surface area contributed by atoms with Gasteiger partial charge in [-0.2, -0.15) is 0 Å². The van der Waals surface area contributed by atoms with Gasteiger partial charge in [0, 0.05) is 0 Å². The van der Waals surface area contributed by atoms with Crippen LogP contribution in [0.1, 0.15) is 20.3 Å². The molecule has 3 unspecified atom stereocenters. The summed E-state index contributed by atoms with van der Waals surface area (Å²) in [6.07, 6.45) is -0.365. The van der Waals surface area contributed by atoms with Gasteiger partial charge in [0.25, 0.3) is 0 Å². The molecule has 0 aliphatic rings. The quantitative estimate of drug-likeness (QED) is 0.251. The summed E-state index contributed by atoms with van der Waals surface area (Å²) >= 11 is 0. The van der Waals surface area contributed by atoms with Crippen LogP contribution in [0.15, 0.2) is 0 Å². The molecule has 23 heavy (non-hydrogen) atoms. The Bertz CT molecular complexity index is 494. The maximum atomic E-state index is 11.7. The van der Waals surface area contributed by atoms with Gasteiger partial charge in [-0.3, -0.25) is 24.0 Å². The van der Waals surface area contributed by atoms with Crippen LogP contribution in [0, 0.1) is 0 Å². The summed E-state index contributed by atoms with van der Waals surface area (Å²) in [5.41, 5.74) is 10.3. The Morgan fingerprint density at radius 3 is 2.04 bits per heavy atom. The van der Waals surface area contributed by atoms with E-state index in [0.29, 0.717) is 0 Å². The smallest absolute Gasteiger partial charge is 0.325 e. The molecule has 0 bridgehead atoms. The monoisotopic (exact) mass is 331 g/mol. The maximum Gasteiger partial charge on any atom is 0.325 e. The molecular weight excluding hydrogens is 310 g/mol. The van der Waals surface area contributed by atoms with Crippen LogP contribution in [-0.2, 0) is 24.0 Å². The molecular formula is C12H21N5O6. The van der Waals surface area contributed by atoms with Crippen molar-refractivity contribution in [2.75, 3.05) is 6.54 Å². The number of hydrogen-bond acceptors (Lipinski definition) is 6. The van der Waals surface area contributed by atoms with E-state index in [9.17, 15) is 24.0 Å². The Morgan fingerprint density at radius 1 is 1.00 bits per heavy atom. The lowest BCUT2D eigenvalue weighted by atomic mass is 10.2. The highest BCUT2D eigenvalue weighted by atomic mass is 16.4. The summed E-state index contributed by atoms with van der Waals surface area (Å²) in [5.74, 6) is -4.09. The minimum Gasteiger partial charge on any atom is -0.480 e. The molecule has 0 rings (SSSR count). The summed E-state index contributed by atoms with van der Waals surface area (Å²) < 4.78 is 0. The van der Waals surface area contributed by atoms with E-state index in [1.54, 1.807) is 0 Å². The average Bonchev–Trinajstić information content (AvgIpc) is 2.43. The second kappa shape index (κ2) is 9.35. The van der Waals surface area contributed by atoms with Crippen LogP contribution in [-0.4, -0.2) is 59.4 Å². The molecule has 0 aliphatic carbocycles. The molecule has 8 N–H and O–H groups in total. The average molecular weight is 331 g/mol. The van der Waals surface area contributed by atoms with Gasteiger partial charge < -0.3 is 32.5 Å². The van der Waals surface area contributed by atoms with E-state index in [1.165, 1.54) is 13.8 Å². The highest BCUT2D eigenvalue weighted by Crippen LogP contribution is 1.90. The number of rotatable bonds is 9. The van der Waals surface area contributed by atoms with Crippen molar-refractivity contribution >= 4 is 29.6 Å². The number of carbonyl (C=O) groups is 5. The number of carboxylic acid groups (broad SMARTS) is 1. The van der Waals surface area contributed by atoms with Gasteiger partial charge in [0.2, 0.25) is 23.6 Å². The lowest BCUT2D eigenvalue weighted by molar-refractivity contribution is -0.141. The van der Waals surface area contributed by atoms with Crippen molar-refractivity contribution in [2.24, 2.45) is 11.5 Å². The normalized spacial score (nSPS) is 14.0. The van der Waals surface area contributed by atoms with Crippen LogP contribution in [0.2, 0.25) is 0 Å². The molecule has 0 spiro atoms. The molecule has 3 atom stereocenters. The predicted molar refractivity (Wildman–Crippen MR) is 77.6 cm³/mol. The number of amides is 4. The Kier molecular flexibility index (Phi) is 8.26. The molecule has 0 fully saturated rings. The lowest BCUT2D eigenvalue weighted by Gasteiger charge is -2.17. The molecule has 130 valence electrons. The molecule has 0 radical (unpaired) electrons. The lowest BCUT2D eigenvalue weighted by Crippen LogP contribution is -2.52. The maximum absolute atomic E-state index is 11.7. The van der Waals surface area contributed by atoms with Crippen LogP contribution >= 0.6 is 0 Å². The van der Waals surface area contributed by atoms with Crippen molar-refractivity contribution in [3.8, 4) is 0 Å². The number of primary amides is 1. The Morgan fingerprint density at radius 2 is 1.57 bits per heavy atom. The fraction of sp³-hybridized carbons (Fsp3) is 0.583. The Hall–Kier alpha value is -2.69. The van der Waals surface area contributed by atoms with Crippen molar-refractivity contribution < 1.29 is 29.1 Å². The van der Waals surface area contributed by atoms with Crippen molar-refractivity contribution in [2.45, 2.75) is 38.4 Å². The van der Waals surface area contributed by atoms with Gasteiger partial charge in [-0.15, -0.1) is 0 Å². The third-order valence-corrected chi connectivity index (χ3v) is 2.68. The summed E-state index contributed by atoms with van der Waals surface area (Å²) in [4.78, 5) is 55.9. The number of hydrogen-bond donors (Lipinski definition) is 6. The van der Waals surface area contributed by atoms with Gasteiger partial charge in [0.15, 0.2) is 0 Å². The molecule has 0 aliphatic heterocycles. The fourth-order valence-electron chi connectivity index (χ4n) is 1.37. The largest absolute Gasteiger partial charge is 0.480 e. The zero-order chi connectivity index (χ0) is 18.2. The van der Waals surface area contributed by atoms with Gasteiger partial charge >= 0.3 is 5.97 Å². The van der Waals surface area contributed by atoms with E-state index in [2.05, 4.69) is 16.0 Å². The van der Waals surface area contributed by atoms with Crippen LogP contribution in [0.4, 0.5) is 0 Å².